The van der Waals surface area contributed by atoms with E-state index in [-0.39, 0.29) is 0 Å². The number of pyridine rings is 1. The minimum absolute atomic E-state index is 0.455. The predicted molar refractivity (Wildman–Crippen MR) is 263 cm³/mol. The van der Waals surface area contributed by atoms with Gasteiger partial charge in [-0.25, -0.2) is 15.0 Å². The molecule has 0 saturated carbocycles. The smallest absolute Gasteiger partial charge is 0.160 e. The molecule has 0 amide bonds. The van der Waals surface area contributed by atoms with Crippen molar-refractivity contribution in [3.05, 3.63) is 247 Å². The summed E-state index contributed by atoms with van der Waals surface area (Å²) in [4.78, 5) is 18.2. The maximum absolute atomic E-state index is 5.43. The van der Waals surface area contributed by atoms with Crippen LogP contribution in [0.25, 0.3) is 89.1 Å². The average Bonchev–Trinajstić information content (AvgIpc) is 3.66. The van der Waals surface area contributed by atoms with Crippen molar-refractivity contribution >= 4 is 33.4 Å². The lowest BCUT2D eigenvalue weighted by molar-refractivity contribution is 0.724. The van der Waals surface area contributed by atoms with Crippen LogP contribution in [-0.4, -0.2) is 15.0 Å². The number of fused-ring (bicyclic) bond motifs is 12. The Balaban J connectivity index is 0.966. The van der Waals surface area contributed by atoms with E-state index in [2.05, 4.69) is 200 Å². The third-order valence-electron chi connectivity index (χ3n) is 13.2. The van der Waals surface area contributed by atoms with Crippen LogP contribution in [0.5, 0.6) is 0 Å². The molecule has 3 heterocycles. The van der Waals surface area contributed by atoms with Gasteiger partial charge in [-0.05, 0) is 80.2 Å². The van der Waals surface area contributed by atoms with Crippen molar-refractivity contribution in [3.8, 4) is 67.4 Å². The lowest BCUT2D eigenvalue weighted by atomic mass is 9.67. The molecule has 0 N–H and O–H groups in total. The predicted octanol–water partition coefficient (Wildman–Crippen LogP) is 15.3. The maximum atomic E-state index is 5.43. The van der Waals surface area contributed by atoms with Crippen LogP contribution in [0.3, 0.4) is 0 Å². The zero-order valence-electron chi connectivity index (χ0n) is 34.6. The Morgan fingerprint density at radius 2 is 0.828 bits per heavy atom. The number of hydrogen-bond donors (Lipinski definition) is 0. The monoisotopic (exact) mass is 831 g/mol. The first-order chi connectivity index (χ1) is 31.7. The number of hydrogen-bond acceptors (Lipinski definition) is 4. The molecule has 0 unspecified atom stereocenters. The van der Waals surface area contributed by atoms with Crippen molar-refractivity contribution in [2.75, 3.05) is 0 Å². The second kappa shape index (κ2) is 14.6. The summed E-state index contributed by atoms with van der Waals surface area (Å²) in [6.45, 7) is 0. The zero-order valence-corrected chi connectivity index (χ0v) is 35.4. The van der Waals surface area contributed by atoms with E-state index in [1.165, 1.54) is 59.7 Å². The molecule has 1 aliphatic heterocycles. The summed E-state index contributed by atoms with van der Waals surface area (Å²) in [7, 11) is 0. The summed E-state index contributed by atoms with van der Waals surface area (Å²) < 4.78 is 0. The second-order valence-corrected chi connectivity index (χ2v) is 17.7. The fourth-order valence-electron chi connectivity index (χ4n) is 10.2. The molecule has 0 saturated heterocycles. The van der Waals surface area contributed by atoms with Gasteiger partial charge in [0.15, 0.2) is 5.82 Å². The average molecular weight is 832 g/mol. The summed E-state index contributed by atoms with van der Waals surface area (Å²) in [6, 6.07) is 80.8. The van der Waals surface area contributed by atoms with E-state index in [0.717, 1.165) is 55.6 Å². The van der Waals surface area contributed by atoms with Gasteiger partial charge in [0.05, 0.1) is 28.0 Å². The topological polar surface area (TPSA) is 38.7 Å². The highest BCUT2D eigenvalue weighted by Crippen LogP contribution is 2.62. The van der Waals surface area contributed by atoms with E-state index in [9.17, 15) is 0 Å². The Morgan fingerprint density at radius 3 is 1.50 bits per heavy atom. The molecule has 0 radical (unpaired) electrons. The first kappa shape index (κ1) is 36.7. The molecule has 298 valence electrons. The largest absolute Gasteiger partial charge is 0.247 e. The van der Waals surface area contributed by atoms with Crippen molar-refractivity contribution in [3.63, 3.8) is 0 Å². The fraction of sp³-hybridized carbons (Fsp3) is 0.0167. The summed E-state index contributed by atoms with van der Waals surface area (Å²) >= 11 is 1.87. The van der Waals surface area contributed by atoms with Crippen LogP contribution in [-0.2, 0) is 5.41 Å². The highest BCUT2D eigenvalue weighted by Gasteiger charge is 2.50. The number of para-hydroxylation sites is 1. The third-order valence-corrected chi connectivity index (χ3v) is 14.3. The molecule has 9 aromatic carbocycles. The summed E-state index contributed by atoms with van der Waals surface area (Å²) in [5.41, 5.74) is 17.6. The molecule has 4 heteroatoms. The van der Waals surface area contributed by atoms with E-state index in [1.54, 1.807) is 0 Å². The molecule has 0 fully saturated rings. The molecular formula is C60H37N3S. The van der Waals surface area contributed by atoms with Gasteiger partial charge in [0, 0.05) is 42.8 Å². The molecule has 1 spiro atoms. The van der Waals surface area contributed by atoms with Gasteiger partial charge in [0.25, 0.3) is 0 Å². The molecule has 64 heavy (non-hydrogen) atoms. The normalized spacial score (nSPS) is 13.1. The van der Waals surface area contributed by atoms with Gasteiger partial charge in [-0.3, -0.25) is 0 Å². The van der Waals surface area contributed by atoms with Crippen LogP contribution in [0.1, 0.15) is 22.3 Å². The number of aromatic nitrogens is 3. The van der Waals surface area contributed by atoms with Crippen LogP contribution in [0.2, 0.25) is 0 Å². The van der Waals surface area contributed by atoms with Gasteiger partial charge in [-0.15, -0.1) is 0 Å². The Labute approximate surface area is 375 Å². The molecule has 2 aromatic heterocycles. The highest BCUT2D eigenvalue weighted by atomic mass is 32.2. The number of rotatable bonds is 5. The second-order valence-electron chi connectivity index (χ2n) is 16.7. The summed E-state index contributed by atoms with van der Waals surface area (Å²) in [5, 5.41) is 3.50. The number of benzene rings is 9. The minimum atomic E-state index is -0.455. The molecule has 0 atom stereocenters. The maximum Gasteiger partial charge on any atom is 0.160 e. The first-order valence-corrected chi connectivity index (χ1v) is 22.6. The molecule has 1 aliphatic carbocycles. The lowest BCUT2D eigenvalue weighted by Crippen LogP contribution is -2.32. The fourth-order valence-corrected chi connectivity index (χ4v) is 11.5. The minimum Gasteiger partial charge on any atom is -0.247 e. The Bertz CT molecular complexity index is 3570. The van der Waals surface area contributed by atoms with Gasteiger partial charge in [0.1, 0.15) is 0 Å². The van der Waals surface area contributed by atoms with Crippen molar-refractivity contribution in [1.82, 2.24) is 15.0 Å². The summed E-state index contributed by atoms with van der Waals surface area (Å²) in [5.74, 6) is 0.695. The van der Waals surface area contributed by atoms with Gasteiger partial charge in [-0.1, -0.05) is 206 Å². The van der Waals surface area contributed by atoms with E-state index < -0.39 is 5.41 Å². The van der Waals surface area contributed by atoms with Crippen molar-refractivity contribution in [2.24, 2.45) is 0 Å². The molecular weight excluding hydrogens is 795 g/mol. The Morgan fingerprint density at radius 1 is 0.312 bits per heavy atom. The summed E-state index contributed by atoms with van der Waals surface area (Å²) in [6.07, 6.45) is 0. The van der Waals surface area contributed by atoms with Gasteiger partial charge in [-0.2, -0.15) is 0 Å². The van der Waals surface area contributed by atoms with Crippen LogP contribution in [0, 0.1) is 0 Å². The molecule has 0 bridgehead atoms. The lowest BCUT2D eigenvalue weighted by Gasteiger charge is -2.40. The van der Waals surface area contributed by atoms with Gasteiger partial charge < -0.3 is 0 Å². The van der Waals surface area contributed by atoms with Crippen LogP contribution >= 0.6 is 11.8 Å². The Hall–Kier alpha value is -7.92. The quantitative estimate of drug-likeness (QED) is 0.162. The van der Waals surface area contributed by atoms with E-state index in [1.807, 2.05) is 36.0 Å². The first-order valence-electron chi connectivity index (χ1n) is 21.8. The number of nitrogens with zero attached hydrogens (tertiary/aromatic N) is 3. The van der Waals surface area contributed by atoms with Gasteiger partial charge in [0.2, 0.25) is 0 Å². The zero-order chi connectivity index (χ0) is 42.2. The van der Waals surface area contributed by atoms with Gasteiger partial charge >= 0.3 is 0 Å². The molecule has 11 aromatic rings. The van der Waals surface area contributed by atoms with Crippen LogP contribution in [0.15, 0.2) is 234 Å². The van der Waals surface area contributed by atoms with Crippen molar-refractivity contribution < 1.29 is 0 Å². The molecule has 3 nitrogen and oxygen atoms in total. The highest BCUT2D eigenvalue weighted by molar-refractivity contribution is 7.99. The third kappa shape index (κ3) is 5.66. The van der Waals surface area contributed by atoms with E-state index in [0.29, 0.717) is 5.82 Å². The Kier molecular flexibility index (Phi) is 8.37. The molecule has 2 aliphatic rings. The SMILES string of the molecule is c1ccc(-c2ccc(-c3cc(-c4ccc(-c5nc6ccccc6c6cc7c(cc56)Sc5ccccc5C75c6ccccc6-c6ccccc65)cc4)nc(-c4ccccc4)n3)cc2)cc1. The standard InChI is InChI=1S/C60H37N3S/c1-3-15-38(16-4-1)39-27-29-40(30-28-39)54-37-55(63-59(62-54)43-17-5-2-6-18-43)41-31-33-42(34-32-41)58-48-36-57-52(35-47(48)46-21-9-13-25-53(46)61-58)60(51-24-12-14-26-56(51)64-57)49-22-10-7-19-44(49)45-20-8-11-23-50(45)60/h1-37H. The van der Waals surface area contributed by atoms with Crippen molar-refractivity contribution in [1.29, 1.82) is 0 Å². The van der Waals surface area contributed by atoms with E-state index in [4.69, 9.17) is 15.0 Å². The van der Waals surface area contributed by atoms with E-state index >= 15 is 0 Å². The van der Waals surface area contributed by atoms with Crippen LogP contribution < -0.4 is 0 Å². The molecule has 13 rings (SSSR count). The van der Waals surface area contributed by atoms with Crippen LogP contribution in [0.4, 0.5) is 0 Å². The van der Waals surface area contributed by atoms with Crippen molar-refractivity contribution in [2.45, 2.75) is 15.2 Å².